The molecule has 0 bridgehead atoms. The first-order valence-corrected chi connectivity index (χ1v) is 5.50. The van der Waals surface area contributed by atoms with E-state index in [4.69, 9.17) is 14.6 Å². The molecule has 1 unspecified atom stereocenters. The normalized spacial score (nSPS) is 11.1. The van der Waals surface area contributed by atoms with Crippen LogP contribution < -0.4 is 10.1 Å². The van der Waals surface area contributed by atoms with Crippen LogP contribution in [0.2, 0.25) is 0 Å². The SMILES string of the molecule is CC(=O)O.CNC(C)Cc1ccccc1OC. The largest absolute Gasteiger partial charge is 0.496 e. The minimum atomic E-state index is -0.833. The van der Waals surface area contributed by atoms with Crippen molar-refractivity contribution < 1.29 is 14.6 Å². The Bertz CT molecular complexity index is 335. The average Bonchev–Trinajstić information content (AvgIpc) is 2.29. The summed E-state index contributed by atoms with van der Waals surface area (Å²) in [5, 5.41) is 10.6. The zero-order valence-electron chi connectivity index (χ0n) is 10.9. The van der Waals surface area contributed by atoms with Crippen LogP contribution in [0.1, 0.15) is 19.4 Å². The summed E-state index contributed by atoms with van der Waals surface area (Å²) in [5.41, 5.74) is 1.26. The third kappa shape index (κ3) is 7.36. The first-order valence-electron chi connectivity index (χ1n) is 5.50. The van der Waals surface area contributed by atoms with Crippen molar-refractivity contribution in [1.29, 1.82) is 0 Å². The molecule has 1 atom stereocenters. The van der Waals surface area contributed by atoms with Crippen molar-refractivity contribution in [3.63, 3.8) is 0 Å². The molecule has 17 heavy (non-hydrogen) atoms. The number of rotatable bonds is 4. The number of hydrogen-bond acceptors (Lipinski definition) is 3. The molecule has 1 aromatic rings. The lowest BCUT2D eigenvalue weighted by Gasteiger charge is -2.12. The van der Waals surface area contributed by atoms with Crippen LogP contribution in [0.5, 0.6) is 5.75 Å². The maximum absolute atomic E-state index is 9.00. The number of aliphatic carboxylic acids is 1. The minimum absolute atomic E-state index is 0.483. The summed E-state index contributed by atoms with van der Waals surface area (Å²) in [5.74, 6) is 0.143. The number of carboxylic acid groups (broad SMARTS) is 1. The highest BCUT2D eigenvalue weighted by atomic mass is 16.5. The van der Waals surface area contributed by atoms with Gasteiger partial charge < -0.3 is 15.2 Å². The highest BCUT2D eigenvalue weighted by molar-refractivity contribution is 5.62. The third-order valence-corrected chi connectivity index (χ3v) is 2.21. The van der Waals surface area contributed by atoms with E-state index in [-0.39, 0.29) is 0 Å². The molecule has 1 aromatic carbocycles. The van der Waals surface area contributed by atoms with Crippen LogP contribution in [-0.2, 0) is 11.2 Å². The van der Waals surface area contributed by atoms with E-state index in [0.29, 0.717) is 6.04 Å². The van der Waals surface area contributed by atoms with E-state index >= 15 is 0 Å². The van der Waals surface area contributed by atoms with Crippen LogP contribution in [-0.4, -0.2) is 31.3 Å². The maximum atomic E-state index is 9.00. The smallest absolute Gasteiger partial charge is 0.300 e. The fourth-order valence-corrected chi connectivity index (χ4v) is 1.30. The molecule has 0 amide bonds. The van der Waals surface area contributed by atoms with Crippen molar-refractivity contribution in [2.75, 3.05) is 14.2 Å². The third-order valence-electron chi connectivity index (χ3n) is 2.21. The number of carbonyl (C=O) groups is 1. The summed E-state index contributed by atoms with van der Waals surface area (Å²) in [6.45, 7) is 3.24. The van der Waals surface area contributed by atoms with E-state index in [1.165, 1.54) is 5.56 Å². The Morgan fingerprint density at radius 3 is 2.47 bits per heavy atom. The first-order chi connectivity index (χ1) is 8.01. The molecule has 0 saturated heterocycles. The first kappa shape index (κ1) is 15.4. The molecule has 0 aliphatic rings. The van der Waals surface area contributed by atoms with Crippen LogP contribution in [0.15, 0.2) is 24.3 Å². The van der Waals surface area contributed by atoms with Gasteiger partial charge >= 0.3 is 0 Å². The molecule has 0 fully saturated rings. The number of benzene rings is 1. The van der Waals surface area contributed by atoms with Gasteiger partial charge in [-0.25, -0.2) is 0 Å². The van der Waals surface area contributed by atoms with Gasteiger partial charge in [-0.1, -0.05) is 18.2 Å². The Balaban J connectivity index is 0.000000557. The van der Waals surface area contributed by atoms with Crippen LogP contribution >= 0.6 is 0 Å². The monoisotopic (exact) mass is 239 g/mol. The Kier molecular flexibility index (Phi) is 7.80. The fourth-order valence-electron chi connectivity index (χ4n) is 1.30. The number of hydrogen-bond donors (Lipinski definition) is 2. The van der Waals surface area contributed by atoms with Crippen molar-refractivity contribution in [1.82, 2.24) is 5.32 Å². The lowest BCUT2D eigenvalue weighted by Crippen LogP contribution is -2.23. The molecule has 96 valence electrons. The van der Waals surface area contributed by atoms with Crippen LogP contribution in [0.3, 0.4) is 0 Å². The number of likely N-dealkylation sites (N-methyl/N-ethyl adjacent to an activating group) is 1. The van der Waals surface area contributed by atoms with Gasteiger partial charge in [-0.3, -0.25) is 4.79 Å². The van der Waals surface area contributed by atoms with Gasteiger partial charge in [-0.05, 0) is 32.0 Å². The summed E-state index contributed by atoms with van der Waals surface area (Å²) in [6, 6.07) is 8.62. The van der Waals surface area contributed by atoms with Gasteiger partial charge in [0.15, 0.2) is 0 Å². The van der Waals surface area contributed by atoms with E-state index in [2.05, 4.69) is 18.3 Å². The summed E-state index contributed by atoms with van der Waals surface area (Å²) in [4.78, 5) is 9.00. The highest BCUT2D eigenvalue weighted by Crippen LogP contribution is 2.18. The molecule has 0 saturated carbocycles. The molecule has 4 nitrogen and oxygen atoms in total. The Hall–Kier alpha value is -1.55. The van der Waals surface area contributed by atoms with E-state index in [9.17, 15) is 0 Å². The predicted molar refractivity (Wildman–Crippen MR) is 68.5 cm³/mol. The summed E-state index contributed by atoms with van der Waals surface area (Å²) in [7, 11) is 3.68. The van der Waals surface area contributed by atoms with Crippen molar-refractivity contribution in [3.05, 3.63) is 29.8 Å². The van der Waals surface area contributed by atoms with Gasteiger partial charge in [0.2, 0.25) is 0 Å². The quantitative estimate of drug-likeness (QED) is 0.843. The number of carboxylic acids is 1. The molecule has 0 aliphatic heterocycles. The van der Waals surface area contributed by atoms with E-state index < -0.39 is 5.97 Å². The molecule has 4 heteroatoms. The van der Waals surface area contributed by atoms with Gasteiger partial charge in [0.1, 0.15) is 5.75 Å². The van der Waals surface area contributed by atoms with Gasteiger partial charge in [-0.2, -0.15) is 0 Å². The van der Waals surface area contributed by atoms with Crippen LogP contribution in [0.25, 0.3) is 0 Å². The van der Waals surface area contributed by atoms with Crippen molar-refractivity contribution in [2.45, 2.75) is 26.3 Å². The number of ether oxygens (including phenoxy) is 1. The molecular formula is C13H21NO3. The predicted octanol–water partition coefficient (Wildman–Crippen LogP) is 1.94. The van der Waals surface area contributed by atoms with Gasteiger partial charge in [0.25, 0.3) is 5.97 Å². The number of methoxy groups -OCH3 is 1. The summed E-state index contributed by atoms with van der Waals surface area (Å²) < 4.78 is 5.26. The van der Waals surface area contributed by atoms with Gasteiger partial charge in [-0.15, -0.1) is 0 Å². The van der Waals surface area contributed by atoms with Crippen LogP contribution in [0, 0.1) is 0 Å². The fraction of sp³-hybridized carbons (Fsp3) is 0.462. The van der Waals surface area contributed by atoms with E-state index in [1.54, 1.807) is 7.11 Å². The second-order valence-electron chi connectivity index (χ2n) is 3.72. The Morgan fingerprint density at radius 1 is 1.47 bits per heavy atom. The van der Waals surface area contributed by atoms with Crippen molar-refractivity contribution in [2.24, 2.45) is 0 Å². The van der Waals surface area contributed by atoms with Gasteiger partial charge in [0.05, 0.1) is 7.11 Å². The molecule has 0 radical (unpaired) electrons. The molecule has 0 spiro atoms. The van der Waals surface area contributed by atoms with Crippen LogP contribution in [0.4, 0.5) is 0 Å². The topological polar surface area (TPSA) is 58.6 Å². The molecule has 2 N–H and O–H groups in total. The highest BCUT2D eigenvalue weighted by Gasteiger charge is 2.04. The molecular weight excluding hydrogens is 218 g/mol. The summed E-state index contributed by atoms with van der Waals surface area (Å²) >= 11 is 0. The average molecular weight is 239 g/mol. The zero-order valence-corrected chi connectivity index (χ0v) is 10.9. The summed E-state index contributed by atoms with van der Waals surface area (Å²) in [6.07, 6.45) is 1.00. The second-order valence-corrected chi connectivity index (χ2v) is 3.72. The van der Waals surface area contributed by atoms with Crippen molar-refractivity contribution >= 4 is 5.97 Å². The molecule has 1 rings (SSSR count). The standard InChI is InChI=1S/C11H17NO.C2H4O2/c1-9(12-2)8-10-6-4-5-7-11(10)13-3;1-2(3)4/h4-7,9,12H,8H2,1-3H3;1H3,(H,3,4). The van der Waals surface area contributed by atoms with E-state index in [0.717, 1.165) is 19.1 Å². The minimum Gasteiger partial charge on any atom is -0.496 e. The Labute approximate surface area is 103 Å². The number of para-hydroxylation sites is 1. The molecule has 0 aromatic heterocycles. The second kappa shape index (κ2) is 8.58. The van der Waals surface area contributed by atoms with Gasteiger partial charge in [0, 0.05) is 13.0 Å². The number of nitrogens with one attached hydrogen (secondary N) is 1. The lowest BCUT2D eigenvalue weighted by molar-refractivity contribution is -0.134. The maximum Gasteiger partial charge on any atom is 0.300 e. The van der Waals surface area contributed by atoms with E-state index in [1.807, 2.05) is 25.2 Å². The Morgan fingerprint density at radius 2 is 2.00 bits per heavy atom. The molecule has 0 heterocycles. The van der Waals surface area contributed by atoms with Crippen molar-refractivity contribution in [3.8, 4) is 5.75 Å². The zero-order chi connectivity index (χ0) is 13.3. The lowest BCUT2D eigenvalue weighted by atomic mass is 10.1. The molecule has 0 aliphatic carbocycles.